The molecule has 0 bridgehead atoms. The number of rotatable bonds is 5. The van der Waals surface area contributed by atoms with Gasteiger partial charge >= 0.3 is 0 Å². The summed E-state index contributed by atoms with van der Waals surface area (Å²) in [4.78, 5) is 21.6. The Morgan fingerprint density at radius 2 is 2.07 bits per heavy atom. The minimum absolute atomic E-state index is 0.0810. The van der Waals surface area contributed by atoms with Gasteiger partial charge in [-0.25, -0.2) is 4.39 Å². The van der Waals surface area contributed by atoms with Crippen molar-refractivity contribution in [2.24, 2.45) is 0 Å². The van der Waals surface area contributed by atoms with Gasteiger partial charge in [0, 0.05) is 30.9 Å². The van der Waals surface area contributed by atoms with Gasteiger partial charge in [0.1, 0.15) is 11.5 Å². The second-order valence-electron chi connectivity index (χ2n) is 6.39. The highest BCUT2D eigenvalue weighted by molar-refractivity contribution is 6.33. The molecule has 0 saturated carbocycles. The molecule has 2 heterocycles. The third-order valence-corrected chi connectivity index (χ3v) is 4.72. The van der Waals surface area contributed by atoms with E-state index < -0.39 is 5.82 Å². The maximum absolute atomic E-state index is 13.2. The van der Waals surface area contributed by atoms with Crippen molar-refractivity contribution in [2.45, 2.75) is 6.42 Å². The summed E-state index contributed by atoms with van der Waals surface area (Å²) in [6.07, 6.45) is 0.408. The third-order valence-electron chi connectivity index (χ3n) is 4.41. The van der Waals surface area contributed by atoms with Crippen LogP contribution in [0.2, 0.25) is 5.02 Å². The van der Waals surface area contributed by atoms with Gasteiger partial charge in [-0.15, -0.1) is 0 Å². The van der Waals surface area contributed by atoms with Gasteiger partial charge in [0.25, 0.3) is 11.8 Å². The maximum Gasteiger partial charge on any atom is 0.274 e. The number of H-pyrrole nitrogens is 1. The average Bonchev–Trinajstić information content (AvgIpc) is 3.32. The van der Waals surface area contributed by atoms with Crippen LogP contribution in [0.1, 0.15) is 16.2 Å². The SMILES string of the molecule is CN(CCc1noc(-c2cc3ccccc3[nH]2)n1)C(=O)c1ccc(F)cc1Cl. The van der Waals surface area contributed by atoms with Crippen molar-refractivity contribution in [2.75, 3.05) is 13.6 Å². The Labute approximate surface area is 164 Å². The monoisotopic (exact) mass is 398 g/mol. The van der Waals surface area contributed by atoms with Gasteiger partial charge in [-0.3, -0.25) is 4.79 Å². The summed E-state index contributed by atoms with van der Waals surface area (Å²) >= 11 is 5.96. The molecule has 28 heavy (non-hydrogen) atoms. The fourth-order valence-corrected chi connectivity index (χ4v) is 3.14. The fraction of sp³-hybridized carbons (Fsp3) is 0.150. The average molecular weight is 399 g/mol. The lowest BCUT2D eigenvalue weighted by Crippen LogP contribution is -2.29. The highest BCUT2D eigenvalue weighted by Crippen LogP contribution is 2.23. The van der Waals surface area contributed by atoms with E-state index in [1.165, 1.54) is 17.0 Å². The minimum atomic E-state index is -0.486. The first kappa shape index (κ1) is 18.2. The van der Waals surface area contributed by atoms with Gasteiger partial charge in [-0.05, 0) is 30.3 Å². The van der Waals surface area contributed by atoms with E-state index in [-0.39, 0.29) is 16.5 Å². The van der Waals surface area contributed by atoms with Gasteiger partial charge < -0.3 is 14.4 Å². The molecule has 0 aliphatic carbocycles. The molecule has 4 rings (SSSR count). The van der Waals surface area contributed by atoms with E-state index in [9.17, 15) is 9.18 Å². The van der Waals surface area contributed by atoms with Crippen LogP contribution in [0, 0.1) is 5.82 Å². The van der Waals surface area contributed by atoms with Crippen LogP contribution in [-0.4, -0.2) is 39.5 Å². The van der Waals surface area contributed by atoms with Crippen LogP contribution in [-0.2, 0) is 6.42 Å². The molecule has 0 atom stereocenters. The Bertz CT molecular complexity index is 1120. The number of fused-ring (bicyclic) bond motifs is 1. The lowest BCUT2D eigenvalue weighted by atomic mass is 10.2. The number of nitrogens with one attached hydrogen (secondary N) is 1. The molecule has 0 saturated heterocycles. The number of hydrogen-bond acceptors (Lipinski definition) is 4. The second kappa shape index (κ2) is 7.44. The van der Waals surface area contributed by atoms with Gasteiger partial charge in [0.15, 0.2) is 5.82 Å². The Hall–Kier alpha value is -3.19. The van der Waals surface area contributed by atoms with Crippen molar-refractivity contribution in [3.05, 3.63) is 70.8 Å². The van der Waals surface area contributed by atoms with Crippen LogP contribution >= 0.6 is 11.6 Å². The summed E-state index contributed by atoms with van der Waals surface area (Å²) in [5, 5.41) is 5.11. The quantitative estimate of drug-likeness (QED) is 0.543. The molecular formula is C20H16ClFN4O2. The van der Waals surface area contributed by atoms with E-state index in [2.05, 4.69) is 15.1 Å². The zero-order chi connectivity index (χ0) is 19.7. The Balaban J connectivity index is 1.43. The molecule has 0 aliphatic rings. The number of halogens is 2. The van der Waals surface area contributed by atoms with Crippen LogP contribution in [0.3, 0.4) is 0 Å². The van der Waals surface area contributed by atoms with Gasteiger partial charge in [-0.1, -0.05) is 35.0 Å². The predicted octanol–water partition coefficient (Wildman–Crippen LogP) is 4.33. The number of amides is 1. The normalized spacial score (nSPS) is 11.1. The molecule has 1 amide bonds. The van der Waals surface area contributed by atoms with Crippen molar-refractivity contribution in [3.8, 4) is 11.6 Å². The molecule has 0 unspecified atom stereocenters. The molecule has 6 nitrogen and oxygen atoms in total. The summed E-state index contributed by atoms with van der Waals surface area (Å²) < 4.78 is 18.5. The van der Waals surface area contributed by atoms with Gasteiger partial charge in [0.05, 0.1) is 10.6 Å². The third kappa shape index (κ3) is 3.61. The topological polar surface area (TPSA) is 75.0 Å². The number of carbonyl (C=O) groups is 1. The number of para-hydroxylation sites is 1. The Kier molecular flexibility index (Phi) is 4.83. The van der Waals surface area contributed by atoms with Crippen LogP contribution < -0.4 is 0 Å². The maximum atomic E-state index is 13.2. The molecule has 0 aliphatic heterocycles. The number of likely N-dealkylation sites (N-methyl/N-ethyl adjacent to an activating group) is 1. The molecule has 0 fully saturated rings. The van der Waals surface area contributed by atoms with Gasteiger partial charge in [0.2, 0.25) is 0 Å². The van der Waals surface area contributed by atoms with E-state index in [0.717, 1.165) is 22.7 Å². The highest BCUT2D eigenvalue weighted by Gasteiger charge is 2.17. The largest absolute Gasteiger partial charge is 0.351 e. The van der Waals surface area contributed by atoms with E-state index in [0.29, 0.717) is 24.7 Å². The van der Waals surface area contributed by atoms with Crippen LogP contribution in [0.5, 0.6) is 0 Å². The lowest BCUT2D eigenvalue weighted by molar-refractivity contribution is 0.0796. The molecule has 2 aromatic heterocycles. The summed E-state index contributed by atoms with van der Waals surface area (Å²) in [7, 11) is 1.64. The number of aromatic amines is 1. The minimum Gasteiger partial charge on any atom is -0.351 e. The summed E-state index contributed by atoms with van der Waals surface area (Å²) in [5.41, 5.74) is 1.97. The number of aromatic nitrogens is 3. The first-order valence-corrected chi connectivity index (χ1v) is 9.00. The fourth-order valence-electron chi connectivity index (χ4n) is 2.89. The van der Waals surface area contributed by atoms with Crippen LogP contribution in [0.25, 0.3) is 22.5 Å². The molecule has 142 valence electrons. The Morgan fingerprint density at radius 1 is 1.25 bits per heavy atom. The number of hydrogen-bond donors (Lipinski definition) is 1. The highest BCUT2D eigenvalue weighted by atomic mass is 35.5. The lowest BCUT2D eigenvalue weighted by Gasteiger charge is -2.16. The molecule has 0 radical (unpaired) electrons. The molecule has 8 heteroatoms. The van der Waals surface area contributed by atoms with Crippen molar-refractivity contribution >= 4 is 28.4 Å². The molecule has 0 spiro atoms. The first-order chi connectivity index (χ1) is 13.5. The van der Waals surface area contributed by atoms with E-state index in [4.69, 9.17) is 16.1 Å². The molecule has 1 N–H and O–H groups in total. The van der Waals surface area contributed by atoms with Crippen LogP contribution in [0.15, 0.2) is 53.1 Å². The van der Waals surface area contributed by atoms with Crippen molar-refractivity contribution in [3.63, 3.8) is 0 Å². The summed E-state index contributed by atoms with van der Waals surface area (Å²) in [5.74, 6) is 0.0881. The number of nitrogens with zero attached hydrogens (tertiary/aromatic N) is 3. The zero-order valence-electron chi connectivity index (χ0n) is 14.9. The zero-order valence-corrected chi connectivity index (χ0v) is 15.7. The summed E-state index contributed by atoms with van der Waals surface area (Å²) in [6.45, 7) is 0.359. The van der Waals surface area contributed by atoms with E-state index in [1.54, 1.807) is 7.05 Å². The predicted molar refractivity (Wildman–Crippen MR) is 104 cm³/mol. The smallest absolute Gasteiger partial charge is 0.274 e. The molecule has 4 aromatic rings. The number of benzene rings is 2. The second-order valence-corrected chi connectivity index (χ2v) is 6.79. The Morgan fingerprint density at radius 3 is 2.86 bits per heavy atom. The summed E-state index contributed by atoms with van der Waals surface area (Å²) in [6, 6.07) is 13.5. The first-order valence-electron chi connectivity index (χ1n) is 8.62. The van der Waals surface area contributed by atoms with Crippen molar-refractivity contribution in [1.82, 2.24) is 20.0 Å². The molecule has 2 aromatic carbocycles. The van der Waals surface area contributed by atoms with E-state index >= 15 is 0 Å². The number of carbonyl (C=O) groups excluding carboxylic acids is 1. The van der Waals surface area contributed by atoms with E-state index in [1.807, 2.05) is 30.3 Å². The standard InChI is InChI=1S/C20H16ClFN4O2/c1-26(20(27)14-7-6-13(22)11-15(14)21)9-8-18-24-19(28-25-18)17-10-12-4-2-3-5-16(12)23-17/h2-7,10-11,23H,8-9H2,1H3. The van der Waals surface area contributed by atoms with Crippen molar-refractivity contribution < 1.29 is 13.7 Å². The van der Waals surface area contributed by atoms with Gasteiger partial charge in [-0.2, -0.15) is 4.98 Å². The molecular weight excluding hydrogens is 383 g/mol. The van der Waals surface area contributed by atoms with Crippen molar-refractivity contribution in [1.29, 1.82) is 0 Å². The van der Waals surface area contributed by atoms with Crippen LogP contribution in [0.4, 0.5) is 4.39 Å².